The third-order valence-electron chi connectivity index (χ3n) is 5.10. The molecular formula is C21H21N3O5. The van der Waals surface area contributed by atoms with Crippen molar-refractivity contribution < 1.29 is 23.9 Å². The SMILES string of the molecule is C[C@@H](OC(=O)CCN1C(=O)[C@H]2CC=CC[C@@H]2C1=O)C(=O)Nc1ccc(C#N)cc1. The number of benzene rings is 1. The molecule has 1 fully saturated rings. The standard InChI is InChI=1S/C21H21N3O5/c1-13(19(26)23-15-8-6-14(12-22)7-9-15)29-18(25)10-11-24-20(27)16-4-2-3-5-17(16)21(24)28/h2-3,6-9,13,16-17H,4-5,10-11H2,1H3,(H,23,26)/t13-,16+,17+/m1/s1. The average Bonchev–Trinajstić information content (AvgIpc) is 2.97. The Kier molecular flexibility index (Phi) is 6.07. The predicted molar refractivity (Wildman–Crippen MR) is 102 cm³/mol. The number of nitrogens with one attached hydrogen (secondary N) is 1. The van der Waals surface area contributed by atoms with Crippen LogP contribution in [-0.2, 0) is 23.9 Å². The van der Waals surface area contributed by atoms with Gasteiger partial charge in [0.15, 0.2) is 6.10 Å². The topological polar surface area (TPSA) is 117 Å². The van der Waals surface area contributed by atoms with E-state index in [9.17, 15) is 19.2 Å². The zero-order chi connectivity index (χ0) is 21.0. The van der Waals surface area contributed by atoms with Gasteiger partial charge in [0, 0.05) is 12.2 Å². The van der Waals surface area contributed by atoms with Crippen molar-refractivity contribution >= 4 is 29.4 Å². The van der Waals surface area contributed by atoms with Crippen LogP contribution in [0.5, 0.6) is 0 Å². The molecular weight excluding hydrogens is 374 g/mol. The maximum absolute atomic E-state index is 12.4. The molecule has 0 spiro atoms. The van der Waals surface area contributed by atoms with Gasteiger partial charge < -0.3 is 10.1 Å². The number of fused-ring (bicyclic) bond motifs is 1. The largest absolute Gasteiger partial charge is 0.452 e. The van der Waals surface area contributed by atoms with E-state index in [1.807, 2.05) is 18.2 Å². The van der Waals surface area contributed by atoms with Crippen LogP contribution >= 0.6 is 0 Å². The summed E-state index contributed by atoms with van der Waals surface area (Å²) in [5, 5.41) is 11.4. The van der Waals surface area contributed by atoms with Gasteiger partial charge in [-0.2, -0.15) is 5.26 Å². The lowest BCUT2D eigenvalue weighted by Gasteiger charge is -2.16. The lowest BCUT2D eigenvalue weighted by atomic mass is 9.85. The molecule has 0 bridgehead atoms. The maximum Gasteiger partial charge on any atom is 0.308 e. The second-order valence-corrected chi connectivity index (χ2v) is 7.04. The van der Waals surface area contributed by atoms with E-state index in [4.69, 9.17) is 10.00 Å². The third-order valence-corrected chi connectivity index (χ3v) is 5.10. The Morgan fingerprint density at radius 3 is 2.31 bits per heavy atom. The minimum absolute atomic E-state index is 0.0482. The lowest BCUT2D eigenvalue weighted by molar-refractivity contribution is -0.154. The summed E-state index contributed by atoms with van der Waals surface area (Å²) in [6, 6.07) is 8.24. The third kappa shape index (κ3) is 4.51. The van der Waals surface area contributed by atoms with Crippen LogP contribution in [-0.4, -0.2) is 41.2 Å². The molecule has 0 aromatic heterocycles. The number of nitriles is 1. The van der Waals surface area contributed by atoms with E-state index < -0.39 is 18.0 Å². The van der Waals surface area contributed by atoms with E-state index in [-0.39, 0.29) is 36.6 Å². The molecule has 1 saturated heterocycles. The van der Waals surface area contributed by atoms with E-state index in [1.54, 1.807) is 24.3 Å². The minimum Gasteiger partial charge on any atom is -0.452 e. The van der Waals surface area contributed by atoms with Crippen molar-refractivity contribution in [2.24, 2.45) is 11.8 Å². The quantitative estimate of drug-likeness (QED) is 0.446. The van der Waals surface area contributed by atoms with Crippen LogP contribution < -0.4 is 5.32 Å². The fourth-order valence-corrected chi connectivity index (χ4v) is 3.47. The van der Waals surface area contributed by atoms with E-state index in [2.05, 4.69) is 5.32 Å². The van der Waals surface area contributed by atoms with E-state index in [0.29, 0.717) is 24.1 Å². The van der Waals surface area contributed by atoms with Crippen molar-refractivity contribution in [3.63, 3.8) is 0 Å². The Balaban J connectivity index is 1.47. The van der Waals surface area contributed by atoms with Crippen LogP contribution in [0.25, 0.3) is 0 Å². The second kappa shape index (κ2) is 8.69. The minimum atomic E-state index is -1.05. The Morgan fingerprint density at radius 1 is 1.17 bits per heavy atom. The molecule has 0 radical (unpaired) electrons. The van der Waals surface area contributed by atoms with Crippen molar-refractivity contribution in [3.8, 4) is 6.07 Å². The predicted octanol–water partition coefficient (Wildman–Crippen LogP) is 1.77. The number of hydrogen-bond donors (Lipinski definition) is 1. The molecule has 1 heterocycles. The first-order chi connectivity index (χ1) is 13.9. The molecule has 8 heteroatoms. The molecule has 150 valence electrons. The van der Waals surface area contributed by atoms with Crippen LogP contribution in [0.2, 0.25) is 0 Å². The Bertz CT molecular complexity index is 874. The van der Waals surface area contributed by atoms with E-state index in [1.165, 1.54) is 6.92 Å². The fraction of sp³-hybridized carbons (Fsp3) is 0.381. The van der Waals surface area contributed by atoms with Gasteiger partial charge in [0.1, 0.15) is 0 Å². The molecule has 8 nitrogen and oxygen atoms in total. The van der Waals surface area contributed by atoms with E-state index >= 15 is 0 Å². The summed E-state index contributed by atoms with van der Waals surface area (Å²) in [6.45, 7) is 1.39. The van der Waals surface area contributed by atoms with Crippen molar-refractivity contribution in [1.29, 1.82) is 5.26 Å². The van der Waals surface area contributed by atoms with Crippen LogP contribution in [0.15, 0.2) is 36.4 Å². The average molecular weight is 395 g/mol. The molecule has 0 unspecified atom stereocenters. The van der Waals surface area contributed by atoms with Crippen molar-refractivity contribution in [1.82, 2.24) is 4.90 Å². The summed E-state index contributed by atoms with van der Waals surface area (Å²) in [5.41, 5.74) is 0.936. The Hall–Kier alpha value is -3.47. The number of anilines is 1. The number of carbonyl (C=O) groups excluding carboxylic acids is 4. The normalized spacial score (nSPS) is 21.3. The van der Waals surface area contributed by atoms with Crippen LogP contribution in [0.4, 0.5) is 5.69 Å². The highest BCUT2D eigenvalue weighted by Gasteiger charge is 2.47. The first-order valence-electron chi connectivity index (χ1n) is 9.41. The maximum atomic E-state index is 12.4. The summed E-state index contributed by atoms with van der Waals surface area (Å²) in [5.74, 6) is -2.34. The molecule has 29 heavy (non-hydrogen) atoms. The van der Waals surface area contributed by atoms with Crippen molar-refractivity contribution in [3.05, 3.63) is 42.0 Å². The first-order valence-corrected chi connectivity index (χ1v) is 9.41. The highest BCUT2D eigenvalue weighted by Crippen LogP contribution is 2.35. The van der Waals surface area contributed by atoms with Crippen LogP contribution in [0.3, 0.4) is 0 Å². The van der Waals surface area contributed by atoms with Gasteiger partial charge in [0.2, 0.25) is 11.8 Å². The van der Waals surface area contributed by atoms with E-state index in [0.717, 1.165) is 4.90 Å². The summed E-state index contributed by atoms with van der Waals surface area (Å²) < 4.78 is 5.11. The Morgan fingerprint density at radius 2 is 1.76 bits per heavy atom. The van der Waals surface area contributed by atoms with Gasteiger partial charge >= 0.3 is 5.97 Å². The molecule has 0 saturated carbocycles. The molecule has 1 N–H and O–H groups in total. The summed E-state index contributed by atoms with van der Waals surface area (Å²) in [4.78, 5) is 50.1. The van der Waals surface area contributed by atoms with Gasteiger partial charge in [-0.3, -0.25) is 24.1 Å². The molecule has 3 rings (SSSR count). The van der Waals surface area contributed by atoms with Gasteiger partial charge in [-0.15, -0.1) is 0 Å². The number of allylic oxidation sites excluding steroid dienone is 2. The summed E-state index contributed by atoms with van der Waals surface area (Å²) in [7, 11) is 0. The number of likely N-dealkylation sites (tertiary alicyclic amines) is 1. The lowest BCUT2D eigenvalue weighted by Crippen LogP contribution is -2.35. The van der Waals surface area contributed by atoms with Gasteiger partial charge in [-0.25, -0.2) is 0 Å². The summed E-state index contributed by atoms with van der Waals surface area (Å²) in [6.07, 6.45) is 3.68. The number of amides is 3. The zero-order valence-electron chi connectivity index (χ0n) is 16.0. The molecule has 1 aromatic rings. The number of nitrogens with zero attached hydrogens (tertiary/aromatic N) is 2. The van der Waals surface area contributed by atoms with Crippen molar-refractivity contribution in [2.45, 2.75) is 32.3 Å². The molecule has 1 aromatic carbocycles. The fourth-order valence-electron chi connectivity index (χ4n) is 3.47. The Labute approximate surface area is 168 Å². The number of carbonyl (C=O) groups is 4. The van der Waals surface area contributed by atoms with Gasteiger partial charge in [-0.1, -0.05) is 12.2 Å². The number of esters is 1. The van der Waals surface area contributed by atoms with Crippen molar-refractivity contribution in [2.75, 3.05) is 11.9 Å². The molecule has 3 amide bonds. The number of ether oxygens (including phenoxy) is 1. The zero-order valence-corrected chi connectivity index (χ0v) is 16.0. The monoisotopic (exact) mass is 395 g/mol. The highest BCUT2D eigenvalue weighted by molar-refractivity contribution is 6.05. The smallest absolute Gasteiger partial charge is 0.308 e. The number of imide groups is 1. The number of hydrogen-bond acceptors (Lipinski definition) is 6. The highest BCUT2D eigenvalue weighted by atomic mass is 16.5. The first kappa shape index (κ1) is 20.3. The van der Waals surface area contributed by atoms with Crippen LogP contribution in [0.1, 0.15) is 31.7 Å². The van der Waals surface area contributed by atoms with Gasteiger partial charge in [0.05, 0.1) is 29.9 Å². The van der Waals surface area contributed by atoms with Gasteiger partial charge in [0.25, 0.3) is 5.91 Å². The second-order valence-electron chi connectivity index (χ2n) is 7.04. The summed E-state index contributed by atoms with van der Waals surface area (Å²) >= 11 is 0. The molecule has 1 aliphatic carbocycles. The van der Waals surface area contributed by atoms with Crippen LogP contribution in [0, 0.1) is 23.2 Å². The van der Waals surface area contributed by atoms with Gasteiger partial charge in [-0.05, 0) is 44.0 Å². The molecule has 1 aliphatic heterocycles. The number of rotatable bonds is 6. The molecule has 3 atom stereocenters. The molecule has 2 aliphatic rings.